The molecule has 0 heterocycles. The first-order chi connectivity index (χ1) is 9.92. The van der Waals surface area contributed by atoms with Crippen LogP contribution < -0.4 is 5.32 Å². The molecule has 0 saturated carbocycles. The van der Waals surface area contributed by atoms with Crippen molar-refractivity contribution in [1.29, 1.82) is 0 Å². The number of sulfone groups is 1. The molecule has 2 aromatic rings. The normalized spacial score (nSPS) is 13.1. The van der Waals surface area contributed by atoms with Gasteiger partial charge in [-0.1, -0.05) is 42.0 Å². The second-order valence-corrected chi connectivity index (χ2v) is 7.38. The summed E-state index contributed by atoms with van der Waals surface area (Å²) in [5, 5.41) is 3.10. The van der Waals surface area contributed by atoms with E-state index in [1.165, 1.54) is 0 Å². The van der Waals surface area contributed by atoms with Crippen LogP contribution in [-0.2, 0) is 9.84 Å². The highest BCUT2D eigenvalue weighted by Gasteiger charge is 2.21. The van der Waals surface area contributed by atoms with E-state index in [4.69, 9.17) is 0 Å². The monoisotopic (exact) mass is 303 g/mol. The summed E-state index contributed by atoms with van der Waals surface area (Å²) in [7, 11) is -1.53. The van der Waals surface area contributed by atoms with Crippen LogP contribution in [0.15, 0.2) is 53.4 Å². The second kappa shape index (κ2) is 6.41. The van der Waals surface area contributed by atoms with Crippen LogP contribution in [0.4, 0.5) is 0 Å². The maximum atomic E-state index is 12.6. The zero-order chi connectivity index (χ0) is 15.5. The zero-order valence-electron chi connectivity index (χ0n) is 12.6. The molecule has 112 valence electrons. The van der Waals surface area contributed by atoms with Crippen LogP contribution in [0.1, 0.15) is 22.7 Å². The fourth-order valence-corrected chi connectivity index (χ4v) is 3.91. The van der Waals surface area contributed by atoms with Crippen molar-refractivity contribution in [3.8, 4) is 0 Å². The minimum Gasteiger partial charge on any atom is -0.312 e. The van der Waals surface area contributed by atoms with Gasteiger partial charge in [0.1, 0.15) is 0 Å². The Kier molecular flexibility index (Phi) is 4.80. The number of hydrogen-bond donors (Lipinski definition) is 1. The largest absolute Gasteiger partial charge is 0.312 e. The van der Waals surface area contributed by atoms with Crippen molar-refractivity contribution in [2.45, 2.75) is 24.8 Å². The SMILES string of the molecule is CNC(CS(=O)(=O)c1cccc(C)c1)c1ccc(C)cc1. The average molecular weight is 303 g/mol. The molecule has 0 radical (unpaired) electrons. The first-order valence-electron chi connectivity index (χ1n) is 6.95. The lowest BCUT2D eigenvalue weighted by Gasteiger charge is -2.17. The number of rotatable bonds is 5. The molecule has 0 saturated heterocycles. The topological polar surface area (TPSA) is 46.2 Å². The molecule has 1 N–H and O–H groups in total. The van der Waals surface area contributed by atoms with E-state index in [-0.39, 0.29) is 11.8 Å². The Morgan fingerprint density at radius 3 is 2.24 bits per heavy atom. The first-order valence-corrected chi connectivity index (χ1v) is 8.61. The lowest BCUT2D eigenvalue weighted by molar-refractivity contribution is 0.574. The van der Waals surface area contributed by atoms with E-state index < -0.39 is 9.84 Å². The van der Waals surface area contributed by atoms with E-state index in [1.807, 2.05) is 44.2 Å². The Labute approximate surface area is 126 Å². The number of hydrogen-bond acceptors (Lipinski definition) is 3. The number of nitrogens with one attached hydrogen (secondary N) is 1. The molecule has 0 aliphatic rings. The van der Waals surface area contributed by atoms with Crippen LogP contribution in [0.5, 0.6) is 0 Å². The van der Waals surface area contributed by atoms with Gasteiger partial charge < -0.3 is 5.32 Å². The first kappa shape index (κ1) is 15.7. The maximum absolute atomic E-state index is 12.6. The van der Waals surface area contributed by atoms with Gasteiger partial charge in [0.15, 0.2) is 9.84 Å². The molecule has 1 atom stereocenters. The Hall–Kier alpha value is -1.65. The molecule has 0 aromatic heterocycles. The van der Waals surface area contributed by atoms with Crippen LogP contribution in [0, 0.1) is 13.8 Å². The van der Waals surface area contributed by atoms with Crippen LogP contribution in [0.2, 0.25) is 0 Å². The molecule has 0 fully saturated rings. The molecule has 1 unspecified atom stereocenters. The fraction of sp³-hybridized carbons (Fsp3) is 0.294. The summed E-state index contributed by atoms with van der Waals surface area (Å²) in [6.07, 6.45) is 0. The van der Waals surface area contributed by atoms with Crippen LogP contribution in [0.25, 0.3) is 0 Å². The second-order valence-electron chi connectivity index (χ2n) is 5.35. The molecule has 0 amide bonds. The molecule has 21 heavy (non-hydrogen) atoms. The maximum Gasteiger partial charge on any atom is 0.180 e. The van der Waals surface area contributed by atoms with Gasteiger partial charge in [-0.15, -0.1) is 0 Å². The van der Waals surface area contributed by atoms with Crippen molar-refractivity contribution >= 4 is 9.84 Å². The summed E-state index contributed by atoms with van der Waals surface area (Å²) >= 11 is 0. The van der Waals surface area contributed by atoms with Crippen molar-refractivity contribution in [3.05, 3.63) is 65.2 Å². The summed E-state index contributed by atoms with van der Waals surface area (Å²) in [4.78, 5) is 0.384. The predicted molar refractivity (Wildman–Crippen MR) is 86.2 cm³/mol. The summed E-state index contributed by atoms with van der Waals surface area (Å²) in [6, 6.07) is 14.8. The molecule has 0 aliphatic carbocycles. The Morgan fingerprint density at radius 2 is 1.67 bits per heavy atom. The van der Waals surface area contributed by atoms with Gasteiger partial charge in [-0.25, -0.2) is 8.42 Å². The van der Waals surface area contributed by atoms with E-state index in [9.17, 15) is 8.42 Å². The van der Waals surface area contributed by atoms with E-state index in [0.29, 0.717) is 4.90 Å². The van der Waals surface area contributed by atoms with E-state index >= 15 is 0 Å². The van der Waals surface area contributed by atoms with Crippen LogP contribution >= 0.6 is 0 Å². The standard InChI is InChI=1S/C17H21NO2S/c1-13-7-9-15(10-8-13)17(18-3)12-21(19,20)16-6-4-5-14(2)11-16/h4-11,17-18H,12H2,1-3H3. The van der Waals surface area contributed by atoms with Gasteiger partial charge in [0.25, 0.3) is 0 Å². The van der Waals surface area contributed by atoms with Gasteiger partial charge in [-0.2, -0.15) is 0 Å². The van der Waals surface area contributed by atoms with Gasteiger partial charge in [-0.3, -0.25) is 0 Å². The molecule has 4 heteroatoms. The Balaban J connectivity index is 2.27. The Bertz CT molecular complexity index is 706. The van der Waals surface area contributed by atoms with Gasteiger partial charge >= 0.3 is 0 Å². The van der Waals surface area contributed by atoms with Gasteiger partial charge in [0.2, 0.25) is 0 Å². The van der Waals surface area contributed by atoms with Crippen LogP contribution in [-0.4, -0.2) is 21.2 Å². The lowest BCUT2D eigenvalue weighted by Crippen LogP contribution is -2.25. The smallest absolute Gasteiger partial charge is 0.180 e. The zero-order valence-corrected chi connectivity index (χ0v) is 13.4. The lowest BCUT2D eigenvalue weighted by atomic mass is 10.1. The van der Waals surface area contributed by atoms with Crippen LogP contribution in [0.3, 0.4) is 0 Å². The molecule has 0 spiro atoms. The van der Waals surface area contributed by atoms with E-state index in [2.05, 4.69) is 5.32 Å². The third kappa shape index (κ3) is 3.93. The summed E-state index contributed by atoms with van der Waals surface area (Å²) < 4.78 is 25.1. The molecule has 0 bridgehead atoms. The highest BCUT2D eigenvalue weighted by atomic mass is 32.2. The molecular weight excluding hydrogens is 282 g/mol. The number of benzene rings is 2. The molecule has 2 aromatic carbocycles. The molecule has 3 nitrogen and oxygen atoms in total. The third-order valence-electron chi connectivity index (χ3n) is 3.56. The van der Waals surface area contributed by atoms with Crippen molar-refractivity contribution in [3.63, 3.8) is 0 Å². The Morgan fingerprint density at radius 1 is 1.00 bits per heavy atom. The summed E-state index contributed by atoms with van der Waals surface area (Å²) in [5.74, 6) is 0.0516. The molecule has 0 aliphatic heterocycles. The predicted octanol–water partition coefficient (Wildman–Crippen LogP) is 3.04. The third-order valence-corrected chi connectivity index (χ3v) is 5.31. The van der Waals surface area contributed by atoms with E-state index in [0.717, 1.165) is 16.7 Å². The van der Waals surface area contributed by atoms with Gasteiger partial charge in [0, 0.05) is 6.04 Å². The van der Waals surface area contributed by atoms with Crippen molar-refractivity contribution in [1.82, 2.24) is 5.32 Å². The quantitative estimate of drug-likeness (QED) is 0.923. The molecular formula is C17H21NO2S. The summed E-state index contributed by atoms with van der Waals surface area (Å²) in [5.41, 5.74) is 3.10. The van der Waals surface area contributed by atoms with Crippen molar-refractivity contribution in [2.24, 2.45) is 0 Å². The minimum atomic E-state index is -3.31. The number of aryl methyl sites for hydroxylation is 2. The average Bonchev–Trinajstić information content (AvgIpc) is 2.46. The van der Waals surface area contributed by atoms with Gasteiger partial charge in [0.05, 0.1) is 10.6 Å². The highest BCUT2D eigenvalue weighted by molar-refractivity contribution is 7.91. The minimum absolute atomic E-state index is 0.0516. The van der Waals surface area contributed by atoms with Crippen molar-refractivity contribution < 1.29 is 8.42 Å². The highest BCUT2D eigenvalue weighted by Crippen LogP contribution is 2.21. The fourth-order valence-electron chi connectivity index (χ4n) is 2.27. The van der Waals surface area contributed by atoms with E-state index in [1.54, 1.807) is 25.2 Å². The van der Waals surface area contributed by atoms with Crippen molar-refractivity contribution in [2.75, 3.05) is 12.8 Å². The summed E-state index contributed by atoms with van der Waals surface area (Å²) in [6.45, 7) is 3.91. The molecule has 2 rings (SSSR count). The van der Waals surface area contributed by atoms with Gasteiger partial charge in [-0.05, 0) is 44.2 Å².